The Labute approximate surface area is 333 Å². The van der Waals surface area contributed by atoms with Crippen LogP contribution >= 0.6 is 0 Å². The van der Waals surface area contributed by atoms with Crippen molar-refractivity contribution in [3.63, 3.8) is 0 Å². The molecule has 2 saturated heterocycles. The number of hydrogen-bond donors (Lipinski definition) is 1. The number of hydrogen-bond acceptors (Lipinski definition) is 7. The van der Waals surface area contributed by atoms with Crippen molar-refractivity contribution in [2.24, 2.45) is 23.7 Å². The lowest BCUT2D eigenvalue weighted by atomic mass is 9.71. The number of ether oxygens (including phenoxy) is 2. The first-order valence-corrected chi connectivity index (χ1v) is 19.9. The molecule has 4 atom stereocenters. The maximum atomic E-state index is 14.3. The maximum absolute atomic E-state index is 14.3. The number of rotatable bonds is 14. The molecule has 1 aliphatic carbocycles. The van der Waals surface area contributed by atoms with E-state index in [0.717, 1.165) is 28.9 Å². The van der Waals surface area contributed by atoms with Crippen molar-refractivity contribution in [3.8, 4) is 28.4 Å². The largest absolute Gasteiger partial charge is 0.494 e. The van der Waals surface area contributed by atoms with E-state index < -0.39 is 17.8 Å². The highest BCUT2D eigenvalue weighted by atomic mass is 16.5. The highest BCUT2D eigenvalue weighted by molar-refractivity contribution is 6.23. The summed E-state index contributed by atoms with van der Waals surface area (Å²) in [6.07, 6.45) is 7.96. The monoisotopic (exact) mass is 767 g/mol. The molecule has 10 heteroatoms. The number of nitrogens with one attached hydrogen (secondary N) is 1. The van der Waals surface area contributed by atoms with Crippen molar-refractivity contribution in [3.05, 3.63) is 114 Å². The molecule has 2 fully saturated rings. The van der Waals surface area contributed by atoms with E-state index in [9.17, 15) is 24.0 Å². The Morgan fingerprint density at radius 1 is 0.737 bits per heavy atom. The van der Waals surface area contributed by atoms with Gasteiger partial charge in [0.05, 0.1) is 30.0 Å². The summed E-state index contributed by atoms with van der Waals surface area (Å²) in [5.41, 5.74) is 4.44. The van der Waals surface area contributed by atoms with E-state index in [0.29, 0.717) is 51.9 Å². The number of carbonyl (C=O) groups is 5. The summed E-state index contributed by atoms with van der Waals surface area (Å²) in [6, 6.07) is 27.4. The zero-order valence-corrected chi connectivity index (χ0v) is 33.0. The maximum Gasteiger partial charge on any atom is 0.255 e. The Kier molecular flexibility index (Phi) is 11.7. The van der Waals surface area contributed by atoms with Gasteiger partial charge in [-0.25, -0.2) is 4.90 Å². The lowest BCUT2D eigenvalue weighted by Gasteiger charge is -2.29. The molecule has 3 aliphatic rings. The number of fused-ring (bicyclic) bond motifs is 1. The molecular weight excluding hydrogens is 719 g/mol. The third kappa shape index (κ3) is 8.55. The van der Waals surface area contributed by atoms with Gasteiger partial charge < -0.3 is 14.8 Å². The average molecular weight is 768 g/mol. The number of nitrogens with zero attached hydrogens (tertiary/aromatic N) is 2. The van der Waals surface area contributed by atoms with Crippen molar-refractivity contribution in [2.45, 2.75) is 65.7 Å². The molecule has 57 heavy (non-hydrogen) atoms. The molecule has 10 nitrogen and oxygen atoms in total. The van der Waals surface area contributed by atoms with Gasteiger partial charge in [0.15, 0.2) is 0 Å². The Hall–Kier alpha value is -6.03. The molecule has 0 bridgehead atoms. The smallest absolute Gasteiger partial charge is 0.255 e. The van der Waals surface area contributed by atoms with Gasteiger partial charge in [0, 0.05) is 24.7 Å². The minimum absolute atomic E-state index is 0.0852. The molecule has 4 aromatic carbocycles. The topological polar surface area (TPSA) is 122 Å². The van der Waals surface area contributed by atoms with Crippen molar-refractivity contribution in [1.82, 2.24) is 4.90 Å². The lowest BCUT2D eigenvalue weighted by molar-refractivity contribution is -0.138. The van der Waals surface area contributed by atoms with Crippen molar-refractivity contribution in [2.75, 3.05) is 23.9 Å². The normalized spacial score (nSPS) is 20.5. The Balaban J connectivity index is 1.14. The van der Waals surface area contributed by atoms with E-state index in [1.807, 2.05) is 74.5 Å². The van der Waals surface area contributed by atoms with Crippen molar-refractivity contribution in [1.29, 1.82) is 0 Å². The van der Waals surface area contributed by atoms with Crippen LogP contribution in [0.4, 0.5) is 11.4 Å². The molecule has 0 saturated carbocycles. The predicted octanol–water partition coefficient (Wildman–Crippen LogP) is 9.13. The quantitative estimate of drug-likeness (QED) is 0.0772. The Morgan fingerprint density at radius 2 is 1.40 bits per heavy atom. The third-order valence-electron chi connectivity index (χ3n) is 11.4. The van der Waals surface area contributed by atoms with E-state index in [4.69, 9.17) is 9.47 Å². The Bertz CT molecular complexity index is 2190. The average Bonchev–Trinajstić information content (AvgIpc) is 3.62. The fourth-order valence-electron chi connectivity index (χ4n) is 8.17. The van der Waals surface area contributed by atoms with Crippen molar-refractivity contribution < 1.29 is 33.4 Å². The van der Waals surface area contributed by atoms with Gasteiger partial charge in [0.2, 0.25) is 23.6 Å². The fourth-order valence-corrected chi connectivity index (χ4v) is 8.17. The van der Waals surface area contributed by atoms with Crippen LogP contribution in [0.3, 0.4) is 0 Å². The first kappa shape index (κ1) is 39.2. The molecular formula is C47H49N3O7. The lowest BCUT2D eigenvalue weighted by Crippen LogP contribution is -2.33. The first-order valence-electron chi connectivity index (χ1n) is 19.9. The molecule has 4 unspecified atom stereocenters. The third-order valence-corrected chi connectivity index (χ3v) is 11.4. The molecule has 4 aromatic rings. The first-order chi connectivity index (χ1) is 27.5. The highest BCUT2D eigenvalue weighted by Crippen LogP contribution is 2.46. The summed E-state index contributed by atoms with van der Waals surface area (Å²) in [4.78, 5) is 69.8. The number of carbonyl (C=O) groups excluding carboxylic acids is 5. The highest BCUT2D eigenvalue weighted by Gasteiger charge is 2.53. The molecule has 0 aromatic heterocycles. The summed E-state index contributed by atoms with van der Waals surface area (Å²) in [5.74, 6) is -1.83. The zero-order valence-electron chi connectivity index (χ0n) is 33.0. The van der Waals surface area contributed by atoms with Crippen LogP contribution in [0, 0.1) is 30.6 Å². The van der Waals surface area contributed by atoms with Crippen LogP contribution in [0.1, 0.15) is 74.7 Å². The summed E-state index contributed by atoms with van der Waals surface area (Å²) in [7, 11) is 1.48. The molecule has 1 N–H and O–H groups in total. The number of likely N-dealkylation sites (tertiary alicyclic amines) is 1. The minimum Gasteiger partial charge on any atom is -0.494 e. The van der Waals surface area contributed by atoms with Crippen molar-refractivity contribution >= 4 is 40.9 Å². The van der Waals surface area contributed by atoms with Crippen LogP contribution in [0.25, 0.3) is 11.1 Å². The molecule has 2 heterocycles. The molecule has 0 radical (unpaired) electrons. The number of unbranched alkanes of at least 4 members (excludes halogenated alkanes) is 4. The van der Waals surface area contributed by atoms with Gasteiger partial charge >= 0.3 is 0 Å². The predicted molar refractivity (Wildman–Crippen MR) is 219 cm³/mol. The number of aryl methyl sites for hydroxylation is 1. The fraction of sp³-hybridized carbons (Fsp3) is 0.340. The second-order valence-corrected chi connectivity index (χ2v) is 15.5. The van der Waals surface area contributed by atoms with E-state index in [1.54, 1.807) is 36.4 Å². The van der Waals surface area contributed by atoms with Gasteiger partial charge in [-0.3, -0.25) is 28.9 Å². The molecule has 0 spiro atoms. The number of imide groups is 2. The number of benzene rings is 4. The van der Waals surface area contributed by atoms with Gasteiger partial charge in [-0.1, -0.05) is 74.1 Å². The standard InChI is InChI=1S/C47H49N3O7/c1-5-6-7-8-9-22-56-37-18-14-32(15-19-37)44(52)48-35-24-33(31-12-20-39(21-13-31)57-38-16-10-29(2)11-17-38)25-36(27-35)50-46(54)41-26-34(23-30(3)43(41)47(50)55)40-28-42(51)49(4)45(40)53/h10-21,23-25,27,34,40-41,43H,5-9,22,26,28H2,1-4H3,(H,48,52). The van der Waals surface area contributed by atoms with Crippen LogP contribution in [-0.4, -0.2) is 48.1 Å². The van der Waals surface area contributed by atoms with E-state index in [-0.39, 0.29) is 48.3 Å². The van der Waals surface area contributed by atoms with Gasteiger partial charge in [-0.05, 0) is 110 Å². The SMILES string of the molecule is CCCCCCCOc1ccc(C(=O)Nc2cc(-c3ccc(Oc4ccc(C)cc4)cc3)cc(N3C(=O)C4CC(C5CC(=O)N(C)C5=O)C=C(C)C4C3=O)c2)cc1. The van der Waals surface area contributed by atoms with Gasteiger partial charge in [-0.15, -0.1) is 0 Å². The second kappa shape index (κ2) is 17.0. The molecule has 2 aliphatic heterocycles. The Morgan fingerprint density at radius 3 is 2.07 bits per heavy atom. The van der Waals surface area contributed by atoms with Crippen LogP contribution < -0.4 is 19.7 Å². The van der Waals surface area contributed by atoms with E-state index in [1.165, 1.54) is 31.2 Å². The van der Waals surface area contributed by atoms with Crippen LogP contribution in [0.2, 0.25) is 0 Å². The van der Waals surface area contributed by atoms with Gasteiger partial charge in [0.25, 0.3) is 5.91 Å². The van der Waals surface area contributed by atoms with Crippen LogP contribution in [-0.2, 0) is 19.2 Å². The minimum atomic E-state index is -0.685. The van der Waals surface area contributed by atoms with Gasteiger partial charge in [0.1, 0.15) is 17.2 Å². The summed E-state index contributed by atoms with van der Waals surface area (Å²) < 4.78 is 11.9. The molecule has 7 rings (SSSR count). The number of allylic oxidation sites excluding steroid dienone is 1. The zero-order chi connectivity index (χ0) is 40.2. The van der Waals surface area contributed by atoms with Crippen LogP contribution in [0.5, 0.6) is 17.2 Å². The molecule has 5 amide bonds. The van der Waals surface area contributed by atoms with E-state index in [2.05, 4.69) is 12.2 Å². The molecule has 294 valence electrons. The number of amides is 5. The number of anilines is 2. The van der Waals surface area contributed by atoms with Gasteiger partial charge in [-0.2, -0.15) is 0 Å². The summed E-state index contributed by atoms with van der Waals surface area (Å²) >= 11 is 0. The summed E-state index contributed by atoms with van der Waals surface area (Å²) in [6.45, 7) is 6.63. The second-order valence-electron chi connectivity index (χ2n) is 15.5. The van der Waals surface area contributed by atoms with E-state index >= 15 is 0 Å². The van der Waals surface area contributed by atoms with Crippen LogP contribution in [0.15, 0.2) is 103 Å². The summed E-state index contributed by atoms with van der Waals surface area (Å²) in [5, 5.41) is 2.99.